The van der Waals surface area contributed by atoms with Crippen molar-refractivity contribution in [1.82, 2.24) is 9.80 Å². The van der Waals surface area contributed by atoms with E-state index in [4.69, 9.17) is 9.47 Å². The SMILES string of the molecule is C=C(C)C(=O)OCCCCN1C(=O)C(=O)N(CCCCOC(=O)C(=C)C)C1=O. The molecule has 0 aromatic heterocycles. The van der Waals surface area contributed by atoms with Gasteiger partial charge in [0.2, 0.25) is 0 Å². The summed E-state index contributed by atoms with van der Waals surface area (Å²) in [4.78, 5) is 60.5. The van der Waals surface area contributed by atoms with E-state index in [-0.39, 0.29) is 26.3 Å². The lowest BCUT2D eigenvalue weighted by molar-refractivity contribution is -0.143. The van der Waals surface area contributed by atoms with Gasteiger partial charge in [-0.15, -0.1) is 0 Å². The third-order valence-electron chi connectivity index (χ3n) is 3.85. The zero-order valence-electron chi connectivity index (χ0n) is 16.3. The fourth-order valence-electron chi connectivity index (χ4n) is 2.26. The van der Waals surface area contributed by atoms with Crippen molar-refractivity contribution in [3.05, 3.63) is 24.3 Å². The highest BCUT2D eigenvalue weighted by Crippen LogP contribution is 2.14. The quantitative estimate of drug-likeness (QED) is 0.162. The summed E-state index contributed by atoms with van der Waals surface area (Å²) in [5.41, 5.74) is 0.584. The number of carbonyl (C=O) groups excluding carboxylic acids is 5. The molecule has 0 aromatic carbocycles. The minimum absolute atomic E-state index is 0.0702. The number of carbonyl (C=O) groups is 5. The highest BCUT2D eigenvalue weighted by Gasteiger charge is 2.43. The van der Waals surface area contributed by atoms with E-state index in [0.717, 1.165) is 9.80 Å². The smallest absolute Gasteiger partial charge is 0.334 e. The maximum absolute atomic E-state index is 12.3. The van der Waals surface area contributed by atoms with Crippen LogP contribution in [0.4, 0.5) is 4.79 Å². The van der Waals surface area contributed by atoms with Crippen molar-refractivity contribution >= 4 is 29.8 Å². The number of ether oxygens (including phenoxy) is 2. The molecule has 0 bridgehead atoms. The second-order valence-electron chi connectivity index (χ2n) is 6.44. The van der Waals surface area contributed by atoms with Crippen LogP contribution in [0.15, 0.2) is 24.3 Å². The first kappa shape index (κ1) is 23.1. The summed E-state index contributed by atoms with van der Waals surface area (Å²) in [6.07, 6.45) is 1.69. The predicted molar refractivity (Wildman–Crippen MR) is 98.8 cm³/mol. The number of amides is 4. The Balaban J connectivity index is 2.34. The van der Waals surface area contributed by atoms with Crippen molar-refractivity contribution < 1.29 is 33.4 Å². The fraction of sp³-hybridized carbons (Fsp3) is 0.526. The molecule has 9 nitrogen and oxygen atoms in total. The van der Waals surface area contributed by atoms with Crippen LogP contribution in [0, 0.1) is 0 Å². The van der Waals surface area contributed by atoms with Gasteiger partial charge in [0.15, 0.2) is 0 Å². The Bertz CT molecular complexity index is 628. The van der Waals surface area contributed by atoms with E-state index in [9.17, 15) is 24.0 Å². The van der Waals surface area contributed by atoms with Crippen LogP contribution in [0.1, 0.15) is 39.5 Å². The maximum Gasteiger partial charge on any atom is 0.334 e. The third kappa shape index (κ3) is 6.64. The Kier molecular flexibility index (Phi) is 9.07. The Morgan fingerprint density at radius 3 is 1.43 bits per heavy atom. The van der Waals surface area contributed by atoms with Crippen LogP contribution in [0.2, 0.25) is 0 Å². The van der Waals surface area contributed by atoms with E-state index >= 15 is 0 Å². The molecule has 1 aliphatic rings. The average Bonchev–Trinajstić information content (AvgIpc) is 2.84. The summed E-state index contributed by atoms with van der Waals surface area (Å²) in [6.45, 7) is 10.4. The standard InChI is InChI=1S/C19H26N2O7/c1-13(2)17(24)27-11-7-5-9-20-15(22)16(23)21(19(20)26)10-6-8-12-28-18(25)14(3)4/h1,3,5-12H2,2,4H3. The van der Waals surface area contributed by atoms with Crippen LogP contribution in [0.5, 0.6) is 0 Å². The zero-order chi connectivity index (χ0) is 21.3. The van der Waals surface area contributed by atoms with Gasteiger partial charge in [-0.3, -0.25) is 19.4 Å². The number of imide groups is 2. The molecule has 9 heteroatoms. The second-order valence-corrected chi connectivity index (χ2v) is 6.44. The Morgan fingerprint density at radius 1 is 0.750 bits per heavy atom. The van der Waals surface area contributed by atoms with Gasteiger partial charge in [-0.1, -0.05) is 13.2 Å². The number of urea groups is 1. The van der Waals surface area contributed by atoms with Crippen molar-refractivity contribution in [3.63, 3.8) is 0 Å². The Hall–Kier alpha value is -2.97. The van der Waals surface area contributed by atoms with E-state index in [1.807, 2.05) is 0 Å². The van der Waals surface area contributed by atoms with Crippen LogP contribution in [-0.4, -0.2) is 65.9 Å². The van der Waals surface area contributed by atoms with Crippen molar-refractivity contribution in [2.75, 3.05) is 26.3 Å². The highest BCUT2D eigenvalue weighted by molar-refractivity contribution is 6.44. The summed E-state index contributed by atoms with van der Waals surface area (Å²) in [5.74, 6) is -2.72. The minimum atomic E-state index is -0.863. The van der Waals surface area contributed by atoms with Gasteiger partial charge < -0.3 is 9.47 Å². The lowest BCUT2D eigenvalue weighted by Gasteiger charge is -2.15. The van der Waals surface area contributed by atoms with Gasteiger partial charge in [0.25, 0.3) is 0 Å². The monoisotopic (exact) mass is 394 g/mol. The van der Waals surface area contributed by atoms with Crippen molar-refractivity contribution in [2.45, 2.75) is 39.5 Å². The van der Waals surface area contributed by atoms with Gasteiger partial charge in [-0.2, -0.15) is 0 Å². The molecule has 1 heterocycles. The second kappa shape index (κ2) is 11.0. The van der Waals surface area contributed by atoms with Crippen LogP contribution in [-0.2, 0) is 28.7 Å². The number of unbranched alkanes of at least 4 members (excludes halogenated alkanes) is 2. The zero-order valence-corrected chi connectivity index (χ0v) is 16.3. The first-order valence-corrected chi connectivity index (χ1v) is 8.99. The van der Waals surface area contributed by atoms with Crippen molar-refractivity contribution in [3.8, 4) is 0 Å². The molecule has 28 heavy (non-hydrogen) atoms. The molecule has 1 saturated heterocycles. The van der Waals surface area contributed by atoms with Gasteiger partial charge in [-0.25, -0.2) is 14.4 Å². The molecular weight excluding hydrogens is 368 g/mol. The first-order valence-electron chi connectivity index (χ1n) is 8.99. The minimum Gasteiger partial charge on any atom is -0.462 e. The number of hydrogen-bond donors (Lipinski definition) is 0. The van der Waals surface area contributed by atoms with Crippen LogP contribution >= 0.6 is 0 Å². The summed E-state index contributed by atoms with van der Waals surface area (Å²) >= 11 is 0. The molecule has 1 fully saturated rings. The van der Waals surface area contributed by atoms with Gasteiger partial charge in [0, 0.05) is 24.2 Å². The molecule has 0 aliphatic carbocycles. The number of nitrogens with zero attached hydrogens (tertiary/aromatic N) is 2. The third-order valence-corrected chi connectivity index (χ3v) is 3.85. The number of hydrogen-bond acceptors (Lipinski definition) is 7. The molecule has 0 unspecified atom stereocenters. The first-order chi connectivity index (χ1) is 13.2. The van der Waals surface area contributed by atoms with Gasteiger partial charge in [-0.05, 0) is 39.5 Å². The predicted octanol–water partition coefficient (Wildman–Crippen LogP) is 1.58. The number of rotatable bonds is 12. The molecule has 154 valence electrons. The largest absolute Gasteiger partial charge is 0.462 e. The molecule has 0 aromatic rings. The summed E-state index contributed by atoms with van der Waals surface area (Å²) in [7, 11) is 0. The van der Waals surface area contributed by atoms with Gasteiger partial charge in [0.05, 0.1) is 13.2 Å². The molecule has 4 amide bonds. The van der Waals surface area contributed by atoms with Gasteiger partial charge in [0.1, 0.15) is 0 Å². The van der Waals surface area contributed by atoms with Crippen LogP contribution in [0.25, 0.3) is 0 Å². The number of esters is 2. The van der Waals surface area contributed by atoms with E-state index in [2.05, 4.69) is 13.2 Å². The average molecular weight is 394 g/mol. The summed E-state index contributed by atoms with van der Waals surface area (Å²) < 4.78 is 9.85. The lowest BCUT2D eigenvalue weighted by Crippen LogP contribution is -2.34. The summed E-state index contributed by atoms with van der Waals surface area (Å²) in [6, 6.07) is -0.659. The molecule has 0 saturated carbocycles. The highest BCUT2D eigenvalue weighted by atomic mass is 16.5. The molecular formula is C19H26N2O7. The molecule has 0 atom stereocenters. The topological polar surface area (TPSA) is 110 Å². The summed E-state index contributed by atoms with van der Waals surface area (Å²) in [5, 5.41) is 0. The lowest BCUT2D eigenvalue weighted by atomic mass is 10.3. The molecule has 0 spiro atoms. The van der Waals surface area contributed by atoms with Gasteiger partial charge >= 0.3 is 29.8 Å². The van der Waals surface area contributed by atoms with E-state index < -0.39 is 29.8 Å². The van der Waals surface area contributed by atoms with Crippen LogP contribution < -0.4 is 0 Å². The Labute approximate surface area is 163 Å². The van der Waals surface area contributed by atoms with Crippen molar-refractivity contribution in [1.29, 1.82) is 0 Å². The molecule has 1 rings (SSSR count). The molecule has 0 radical (unpaired) electrons. The molecule has 0 N–H and O–H groups in total. The van der Waals surface area contributed by atoms with E-state index in [0.29, 0.717) is 36.8 Å². The van der Waals surface area contributed by atoms with Crippen LogP contribution in [0.3, 0.4) is 0 Å². The fourth-order valence-corrected chi connectivity index (χ4v) is 2.26. The van der Waals surface area contributed by atoms with Crippen molar-refractivity contribution in [2.24, 2.45) is 0 Å². The maximum atomic E-state index is 12.3. The Morgan fingerprint density at radius 2 is 1.11 bits per heavy atom. The molecule has 1 aliphatic heterocycles. The normalized spacial score (nSPS) is 13.7. The van der Waals surface area contributed by atoms with E-state index in [1.165, 1.54) is 13.8 Å². The van der Waals surface area contributed by atoms with E-state index in [1.54, 1.807) is 0 Å².